The van der Waals surface area contributed by atoms with Gasteiger partial charge >= 0.3 is 5.97 Å². The Labute approximate surface area is 117 Å². The van der Waals surface area contributed by atoms with E-state index >= 15 is 0 Å². The van der Waals surface area contributed by atoms with Gasteiger partial charge in [-0.1, -0.05) is 0 Å². The molecule has 6 heteroatoms. The van der Waals surface area contributed by atoms with Crippen molar-refractivity contribution < 1.29 is 17.9 Å². The Morgan fingerprint density at radius 1 is 1.30 bits per heavy atom. The highest BCUT2D eigenvalue weighted by Gasteiger charge is 2.20. The van der Waals surface area contributed by atoms with Crippen LogP contribution in [0, 0.1) is 6.92 Å². The SMILES string of the molecule is Cc1[nH]c2ccc(S(C)(=O)=O)cc2c1C(=O)OC(C)C. The molecule has 0 spiro atoms. The molecule has 0 saturated heterocycles. The third-order valence-electron chi connectivity index (χ3n) is 2.93. The fraction of sp³-hybridized carbons (Fsp3) is 0.357. The number of esters is 1. The van der Waals surface area contributed by atoms with Gasteiger partial charge in [0, 0.05) is 22.9 Å². The number of aromatic amines is 1. The van der Waals surface area contributed by atoms with E-state index in [4.69, 9.17) is 4.74 Å². The van der Waals surface area contributed by atoms with Crippen molar-refractivity contribution in [1.29, 1.82) is 0 Å². The molecule has 0 atom stereocenters. The van der Waals surface area contributed by atoms with Crippen molar-refractivity contribution in [2.45, 2.75) is 31.8 Å². The normalized spacial score (nSPS) is 12.1. The summed E-state index contributed by atoms with van der Waals surface area (Å²) >= 11 is 0. The van der Waals surface area contributed by atoms with E-state index in [0.29, 0.717) is 22.2 Å². The Balaban J connectivity index is 2.65. The Bertz CT molecular complexity index is 772. The quantitative estimate of drug-likeness (QED) is 0.882. The molecule has 1 aromatic heterocycles. The lowest BCUT2D eigenvalue weighted by atomic mass is 10.1. The highest BCUT2D eigenvalue weighted by atomic mass is 32.2. The molecule has 0 aliphatic heterocycles. The molecule has 1 N–H and O–H groups in total. The predicted octanol–water partition coefficient (Wildman–Crippen LogP) is 2.45. The van der Waals surface area contributed by atoms with E-state index in [0.717, 1.165) is 6.26 Å². The third-order valence-corrected chi connectivity index (χ3v) is 4.04. The molecular formula is C14H17NO4S. The van der Waals surface area contributed by atoms with Gasteiger partial charge in [0.25, 0.3) is 0 Å². The second kappa shape index (κ2) is 4.94. The summed E-state index contributed by atoms with van der Waals surface area (Å²) in [5.74, 6) is -0.450. The number of sulfone groups is 1. The van der Waals surface area contributed by atoms with E-state index in [2.05, 4.69) is 4.98 Å². The van der Waals surface area contributed by atoms with Crippen LogP contribution in [0.4, 0.5) is 0 Å². The van der Waals surface area contributed by atoms with Crippen molar-refractivity contribution in [2.75, 3.05) is 6.26 Å². The van der Waals surface area contributed by atoms with Crippen LogP contribution in [0.5, 0.6) is 0 Å². The average molecular weight is 295 g/mol. The molecule has 0 fully saturated rings. The van der Waals surface area contributed by atoms with Crippen LogP contribution >= 0.6 is 0 Å². The number of benzene rings is 1. The molecule has 0 aliphatic rings. The topological polar surface area (TPSA) is 76.2 Å². The number of hydrogen-bond acceptors (Lipinski definition) is 4. The molecular weight excluding hydrogens is 278 g/mol. The fourth-order valence-corrected chi connectivity index (χ4v) is 2.72. The highest BCUT2D eigenvalue weighted by molar-refractivity contribution is 7.90. The summed E-state index contributed by atoms with van der Waals surface area (Å²) in [6.07, 6.45) is 0.907. The van der Waals surface area contributed by atoms with E-state index in [1.54, 1.807) is 26.8 Å². The van der Waals surface area contributed by atoms with Crippen molar-refractivity contribution in [3.05, 3.63) is 29.5 Å². The number of carbonyl (C=O) groups excluding carboxylic acids is 1. The van der Waals surface area contributed by atoms with Gasteiger partial charge in [0.2, 0.25) is 0 Å². The summed E-state index contributed by atoms with van der Waals surface area (Å²) in [4.78, 5) is 15.4. The maximum atomic E-state index is 12.1. The second-order valence-corrected chi connectivity index (χ2v) is 7.07. The van der Waals surface area contributed by atoms with E-state index < -0.39 is 15.8 Å². The van der Waals surface area contributed by atoms with Crippen molar-refractivity contribution in [2.24, 2.45) is 0 Å². The summed E-state index contributed by atoms with van der Waals surface area (Å²) in [6.45, 7) is 5.30. The van der Waals surface area contributed by atoms with Gasteiger partial charge in [-0.25, -0.2) is 13.2 Å². The first-order chi connectivity index (χ1) is 9.20. The van der Waals surface area contributed by atoms with Crippen molar-refractivity contribution >= 4 is 26.7 Å². The van der Waals surface area contributed by atoms with E-state index in [9.17, 15) is 13.2 Å². The number of rotatable bonds is 3. The Hall–Kier alpha value is -1.82. The molecule has 2 aromatic rings. The van der Waals surface area contributed by atoms with E-state index in [1.807, 2.05) is 0 Å². The summed E-state index contributed by atoms with van der Waals surface area (Å²) in [6, 6.07) is 4.68. The molecule has 1 aromatic carbocycles. The molecule has 0 bridgehead atoms. The highest BCUT2D eigenvalue weighted by Crippen LogP contribution is 2.26. The Morgan fingerprint density at radius 2 is 1.95 bits per heavy atom. The van der Waals surface area contributed by atoms with Crippen LogP contribution in [-0.4, -0.2) is 31.7 Å². The average Bonchev–Trinajstić information content (AvgIpc) is 2.61. The van der Waals surface area contributed by atoms with E-state index in [-0.39, 0.29) is 11.0 Å². The third kappa shape index (κ3) is 2.70. The first kappa shape index (κ1) is 14.6. The summed E-state index contributed by atoms with van der Waals surface area (Å²) < 4.78 is 28.4. The van der Waals surface area contributed by atoms with Crippen LogP contribution in [0.2, 0.25) is 0 Å². The molecule has 1 heterocycles. The zero-order valence-corrected chi connectivity index (χ0v) is 12.7. The number of fused-ring (bicyclic) bond motifs is 1. The van der Waals surface area contributed by atoms with Crippen molar-refractivity contribution in [1.82, 2.24) is 4.98 Å². The molecule has 2 rings (SSSR count). The van der Waals surface area contributed by atoms with Gasteiger partial charge in [-0.3, -0.25) is 0 Å². The van der Waals surface area contributed by atoms with Crippen molar-refractivity contribution in [3.63, 3.8) is 0 Å². The van der Waals surface area contributed by atoms with Gasteiger partial charge in [-0.15, -0.1) is 0 Å². The maximum Gasteiger partial charge on any atom is 0.340 e. The number of ether oxygens (including phenoxy) is 1. The zero-order valence-electron chi connectivity index (χ0n) is 11.9. The molecule has 0 aliphatic carbocycles. The Morgan fingerprint density at radius 3 is 2.50 bits per heavy atom. The van der Waals surface area contributed by atoms with Gasteiger partial charge < -0.3 is 9.72 Å². The molecule has 0 saturated carbocycles. The first-order valence-electron chi connectivity index (χ1n) is 6.23. The van der Waals surface area contributed by atoms with Crippen LogP contribution in [0.25, 0.3) is 10.9 Å². The Kier molecular flexibility index (Phi) is 3.60. The van der Waals surface area contributed by atoms with E-state index in [1.165, 1.54) is 12.1 Å². The zero-order chi connectivity index (χ0) is 15.1. The molecule has 5 nitrogen and oxygen atoms in total. The van der Waals surface area contributed by atoms with Gasteiger partial charge in [0.05, 0.1) is 16.6 Å². The molecule has 0 amide bonds. The maximum absolute atomic E-state index is 12.1. The summed E-state index contributed by atoms with van der Waals surface area (Å²) in [5.41, 5.74) is 1.76. The van der Waals surface area contributed by atoms with Crippen LogP contribution in [0.15, 0.2) is 23.1 Å². The summed E-state index contributed by atoms with van der Waals surface area (Å²) in [5, 5.41) is 0.566. The number of aryl methyl sites for hydroxylation is 1. The number of H-pyrrole nitrogens is 1. The van der Waals surface area contributed by atoms with Crippen molar-refractivity contribution in [3.8, 4) is 0 Å². The monoisotopic (exact) mass is 295 g/mol. The molecule has 108 valence electrons. The minimum Gasteiger partial charge on any atom is -0.459 e. The minimum atomic E-state index is -3.32. The van der Waals surface area contributed by atoms with Crippen LogP contribution in [-0.2, 0) is 14.6 Å². The van der Waals surface area contributed by atoms with Gasteiger partial charge in [0.15, 0.2) is 9.84 Å². The molecule has 20 heavy (non-hydrogen) atoms. The van der Waals surface area contributed by atoms with Crippen LogP contribution in [0.1, 0.15) is 29.9 Å². The number of hydrogen-bond donors (Lipinski definition) is 1. The first-order valence-corrected chi connectivity index (χ1v) is 8.12. The summed E-state index contributed by atoms with van der Waals surface area (Å²) in [7, 11) is -3.32. The lowest BCUT2D eigenvalue weighted by Crippen LogP contribution is -2.12. The van der Waals surface area contributed by atoms with Gasteiger partial charge in [0.1, 0.15) is 0 Å². The van der Waals surface area contributed by atoms with Gasteiger partial charge in [-0.2, -0.15) is 0 Å². The molecule has 0 unspecified atom stereocenters. The smallest absolute Gasteiger partial charge is 0.340 e. The standard InChI is InChI=1S/C14H17NO4S/c1-8(2)19-14(16)13-9(3)15-12-6-5-10(7-11(12)13)20(4,17)18/h5-8,15H,1-4H3. The number of aromatic nitrogens is 1. The largest absolute Gasteiger partial charge is 0.459 e. The van der Waals surface area contributed by atoms with Crippen LogP contribution in [0.3, 0.4) is 0 Å². The lowest BCUT2D eigenvalue weighted by molar-refractivity contribution is 0.0379. The predicted molar refractivity (Wildman–Crippen MR) is 76.7 cm³/mol. The van der Waals surface area contributed by atoms with Gasteiger partial charge in [-0.05, 0) is 39.0 Å². The minimum absolute atomic E-state index is 0.183. The number of nitrogens with one attached hydrogen (secondary N) is 1. The second-order valence-electron chi connectivity index (χ2n) is 5.06. The lowest BCUT2D eigenvalue weighted by Gasteiger charge is -2.08. The van der Waals surface area contributed by atoms with Crippen LogP contribution < -0.4 is 0 Å². The molecule has 0 radical (unpaired) electrons. The number of carbonyl (C=O) groups is 1. The fourth-order valence-electron chi connectivity index (χ4n) is 2.07.